The molecule has 0 unspecified atom stereocenters. The van der Waals surface area contributed by atoms with Crippen LogP contribution in [0.2, 0.25) is 0 Å². The molecular weight excluding hydrogens is 242 g/mol. The zero-order valence-electron chi connectivity index (χ0n) is 10.8. The van der Waals surface area contributed by atoms with Crippen LogP contribution in [0.4, 0.5) is 0 Å². The first kappa shape index (κ1) is 12.6. The molecule has 5 heteroatoms. The van der Waals surface area contributed by atoms with Gasteiger partial charge >= 0.3 is 0 Å². The number of nitrogens with zero attached hydrogens (tertiary/aromatic N) is 1. The second-order valence-corrected chi connectivity index (χ2v) is 5.22. The monoisotopic (exact) mass is 261 g/mol. The van der Waals surface area contributed by atoms with E-state index in [1.807, 2.05) is 12.1 Å². The molecule has 2 aliphatic rings. The highest BCUT2D eigenvalue weighted by Gasteiger charge is 2.37. The van der Waals surface area contributed by atoms with Gasteiger partial charge in [-0.2, -0.15) is 0 Å². The van der Waals surface area contributed by atoms with E-state index in [-0.39, 0.29) is 17.9 Å². The van der Waals surface area contributed by atoms with E-state index in [9.17, 15) is 4.79 Å². The SMILES string of the molecule is O=C(NCc1cccnc1)[C@@H]1CN[C@@H]2CCO[C@@H]2C1. The third-order valence-electron chi connectivity index (χ3n) is 3.91. The van der Waals surface area contributed by atoms with Crippen LogP contribution in [0.1, 0.15) is 18.4 Å². The average molecular weight is 261 g/mol. The number of fused-ring (bicyclic) bond motifs is 1. The average Bonchev–Trinajstić information content (AvgIpc) is 2.93. The van der Waals surface area contributed by atoms with Gasteiger partial charge in [0.05, 0.1) is 12.0 Å². The lowest BCUT2D eigenvalue weighted by atomic mass is 9.91. The molecule has 2 saturated heterocycles. The van der Waals surface area contributed by atoms with Crippen molar-refractivity contribution in [1.82, 2.24) is 15.6 Å². The van der Waals surface area contributed by atoms with Gasteiger partial charge in [0.2, 0.25) is 5.91 Å². The Morgan fingerprint density at radius 1 is 1.58 bits per heavy atom. The van der Waals surface area contributed by atoms with Crippen molar-refractivity contribution in [2.24, 2.45) is 5.92 Å². The lowest BCUT2D eigenvalue weighted by molar-refractivity contribution is -0.127. The maximum atomic E-state index is 12.1. The number of pyridine rings is 1. The summed E-state index contributed by atoms with van der Waals surface area (Å²) in [6.07, 6.45) is 5.61. The number of hydrogen-bond donors (Lipinski definition) is 2. The van der Waals surface area contributed by atoms with Crippen molar-refractivity contribution in [3.05, 3.63) is 30.1 Å². The summed E-state index contributed by atoms with van der Waals surface area (Å²) in [7, 11) is 0. The molecule has 3 atom stereocenters. The Morgan fingerprint density at radius 3 is 3.37 bits per heavy atom. The van der Waals surface area contributed by atoms with Gasteiger partial charge in [-0.05, 0) is 24.5 Å². The molecule has 1 aromatic heterocycles. The fourth-order valence-electron chi connectivity index (χ4n) is 2.81. The van der Waals surface area contributed by atoms with Crippen molar-refractivity contribution in [3.63, 3.8) is 0 Å². The third-order valence-corrected chi connectivity index (χ3v) is 3.91. The number of carbonyl (C=O) groups is 1. The summed E-state index contributed by atoms with van der Waals surface area (Å²) in [5.41, 5.74) is 1.02. The minimum atomic E-state index is 0.0102. The molecule has 3 heterocycles. The van der Waals surface area contributed by atoms with E-state index in [1.54, 1.807) is 12.4 Å². The molecule has 2 fully saturated rings. The second kappa shape index (κ2) is 5.67. The minimum absolute atomic E-state index is 0.0102. The van der Waals surface area contributed by atoms with Crippen LogP contribution in [0.3, 0.4) is 0 Å². The summed E-state index contributed by atoms with van der Waals surface area (Å²) >= 11 is 0. The summed E-state index contributed by atoms with van der Waals surface area (Å²) < 4.78 is 5.65. The van der Waals surface area contributed by atoms with Gasteiger partial charge in [-0.3, -0.25) is 9.78 Å². The van der Waals surface area contributed by atoms with E-state index in [4.69, 9.17) is 4.74 Å². The van der Waals surface area contributed by atoms with E-state index in [1.165, 1.54) is 0 Å². The number of hydrogen-bond acceptors (Lipinski definition) is 4. The number of nitrogens with one attached hydrogen (secondary N) is 2. The Balaban J connectivity index is 1.50. The van der Waals surface area contributed by atoms with Crippen molar-refractivity contribution in [1.29, 1.82) is 0 Å². The van der Waals surface area contributed by atoms with E-state index in [0.29, 0.717) is 12.6 Å². The van der Waals surface area contributed by atoms with Crippen molar-refractivity contribution in [2.75, 3.05) is 13.2 Å². The predicted molar refractivity (Wildman–Crippen MR) is 70.3 cm³/mol. The molecule has 3 rings (SSSR count). The minimum Gasteiger partial charge on any atom is -0.377 e. The van der Waals surface area contributed by atoms with Gasteiger partial charge in [0, 0.05) is 38.1 Å². The summed E-state index contributed by atoms with van der Waals surface area (Å²) in [5, 5.41) is 6.39. The van der Waals surface area contributed by atoms with Gasteiger partial charge in [0.1, 0.15) is 0 Å². The van der Waals surface area contributed by atoms with Crippen LogP contribution in [0.5, 0.6) is 0 Å². The molecule has 2 aliphatic heterocycles. The first-order chi connectivity index (χ1) is 9.33. The predicted octanol–water partition coefficient (Wildman–Crippen LogP) is 0.465. The molecule has 0 bridgehead atoms. The molecule has 19 heavy (non-hydrogen) atoms. The first-order valence-electron chi connectivity index (χ1n) is 6.84. The molecule has 0 radical (unpaired) electrons. The highest BCUT2D eigenvalue weighted by molar-refractivity contribution is 5.79. The number of amides is 1. The topological polar surface area (TPSA) is 63.2 Å². The van der Waals surface area contributed by atoms with E-state index in [0.717, 1.165) is 31.6 Å². The fraction of sp³-hybridized carbons (Fsp3) is 0.571. The van der Waals surface area contributed by atoms with Crippen molar-refractivity contribution >= 4 is 5.91 Å². The van der Waals surface area contributed by atoms with Gasteiger partial charge in [0.25, 0.3) is 0 Å². The van der Waals surface area contributed by atoms with Crippen LogP contribution >= 0.6 is 0 Å². The maximum absolute atomic E-state index is 12.1. The highest BCUT2D eigenvalue weighted by atomic mass is 16.5. The number of carbonyl (C=O) groups excluding carboxylic acids is 1. The lowest BCUT2D eigenvalue weighted by Gasteiger charge is -2.31. The molecule has 5 nitrogen and oxygen atoms in total. The first-order valence-corrected chi connectivity index (χ1v) is 6.84. The zero-order chi connectivity index (χ0) is 13.1. The van der Waals surface area contributed by atoms with Crippen LogP contribution in [-0.4, -0.2) is 36.2 Å². The summed E-state index contributed by atoms with van der Waals surface area (Å²) in [5.74, 6) is 0.112. The molecular formula is C14H19N3O2. The van der Waals surface area contributed by atoms with Gasteiger partial charge in [-0.15, -0.1) is 0 Å². The molecule has 1 amide bonds. The molecule has 0 aromatic carbocycles. The van der Waals surface area contributed by atoms with Crippen LogP contribution in [0.15, 0.2) is 24.5 Å². The largest absolute Gasteiger partial charge is 0.377 e. The summed E-state index contributed by atoms with van der Waals surface area (Å²) in [4.78, 5) is 16.2. The van der Waals surface area contributed by atoms with E-state index < -0.39 is 0 Å². The third kappa shape index (κ3) is 2.93. The summed E-state index contributed by atoms with van der Waals surface area (Å²) in [6, 6.07) is 4.28. The Kier molecular flexibility index (Phi) is 3.75. The van der Waals surface area contributed by atoms with E-state index in [2.05, 4.69) is 15.6 Å². The van der Waals surface area contributed by atoms with Gasteiger partial charge in [-0.25, -0.2) is 0 Å². The molecule has 0 spiro atoms. The van der Waals surface area contributed by atoms with Crippen molar-refractivity contribution in [3.8, 4) is 0 Å². The van der Waals surface area contributed by atoms with Crippen molar-refractivity contribution in [2.45, 2.75) is 31.5 Å². The zero-order valence-corrected chi connectivity index (χ0v) is 10.8. The van der Waals surface area contributed by atoms with Crippen LogP contribution < -0.4 is 10.6 Å². The molecule has 102 valence electrons. The normalized spacial score (nSPS) is 29.8. The second-order valence-electron chi connectivity index (χ2n) is 5.22. The number of piperidine rings is 1. The molecule has 2 N–H and O–H groups in total. The standard InChI is InChI=1S/C14H19N3O2/c18-14(17-8-10-2-1-4-15-7-10)11-6-13-12(16-9-11)3-5-19-13/h1-2,4,7,11-13,16H,3,5-6,8-9H2,(H,17,18)/t11-,12+,13+/m0/s1. The molecule has 0 aliphatic carbocycles. The number of rotatable bonds is 3. The number of aromatic nitrogens is 1. The molecule has 0 saturated carbocycles. The maximum Gasteiger partial charge on any atom is 0.224 e. The number of ether oxygens (including phenoxy) is 1. The quantitative estimate of drug-likeness (QED) is 0.830. The highest BCUT2D eigenvalue weighted by Crippen LogP contribution is 2.25. The van der Waals surface area contributed by atoms with E-state index >= 15 is 0 Å². The Morgan fingerprint density at radius 2 is 2.53 bits per heavy atom. The van der Waals surface area contributed by atoms with Gasteiger partial charge < -0.3 is 15.4 Å². The van der Waals surface area contributed by atoms with Gasteiger partial charge in [0.15, 0.2) is 0 Å². The van der Waals surface area contributed by atoms with Crippen LogP contribution in [-0.2, 0) is 16.1 Å². The molecule has 1 aromatic rings. The van der Waals surface area contributed by atoms with Crippen LogP contribution in [0, 0.1) is 5.92 Å². The van der Waals surface area contributed by atoms with Gasteiger partial charge in [-0.1, -0.05) is 6.07 Å². The van der Waals surface area contributed by atoms with Crippen LogP contribution in [0.25, 0.3) is 0 Å². The fourth-order valence-corrected chi connectivity index (χ4v) is 2.81. The Bertz CT molecular complexity index is 438. The lowest BCUT2D eigenvalue weighted by Crippen LogP contribution is -2.50. The smallest absolute Gasteiger partial charge is 0.224 e. The Hall–Kier alpha value is -1.46. The van der Waals surface area contributed by atoms with Crippen molar-refractivity contribution < 1.29 is 9.53 Å². The Labute approximate surface area is 112 Å². The summed E-state index contributed by atoms with van der Waals surface area (Å²) in [6.45, 7) is 2.11.